The van der Waals surface area contributed by atoms with Gasteiger partial charge in [0.2, 0.25) is 6.23 Å². The van der Waals surface area contributed by atoms with Crippen molar-refractivity contribution in [1.82, 2.24) is 5.32 Å². The summed E-state index contributed by atoms with van der Waals surface area (Å²) in [5.74, 6) is -0.470. The number of hydrogen-bond donors (Lipinski definition) is 1. The number of esters is 1. The van der Waals surface area contributed by atoms with Crippen LogP contribution in [0, 0.1) is 0 Å². The molecule has 0 bridgehead atoms. The van der Waals surface area contributed by atoms with Crippen molar-refractivity contribution in [1.29, 1.82) is 0 Å². The van der Waals surface area contributed by atoms with Crippen molar-refractivity contribution >= 4 is 11.9 Å². The summed E-state index contributed by atoms with van der Waals surface area (Å²) in [5, 5.41) is 2.81. The van der Waals surface area contributed by atoms with Gasteiger partial charge < -0.3 is 10.1 Å². The maximum absolute atomic E-state index is 11.7. The maximum atomic E-state index is 11.7. The van der Waals surface area contributed by atoms with Crippen molar-refractivity contribution < 1.29 is 18.8 Å². The Balaban J connectivity index is 4.38. The van der Waals surface area contributed by atoms with Crippen molar-refractivity contribution in [2.45, 2.75) is 33.4 Å². The Hall–Kier alpha value is -1.36. The van der Waals surface area contributed by atoms with Gasteiger partial charge in [0, 0.05) is 19.0 Å². The lowest BCUT2D eigenvalue weighted by atomic mass is 10.3. The molecule has 0 radical (unpaired) electrons. The highest BCUT2D eigenvalue weighted by Crippen LogP contribution is 2.09. The molecule has 1 unspecified atom stereocenters. The number of likely N-dealkylation sites (N-methyl/N-ethyl adjacent to an activating group) is 1. The first-order chi connectivity index (χ1) is 8.20. The van der Waals surface area contributed by atoms with Crippen molar-refractivity contribution in [3.8, 4) is 0 Å². The topological polar surface area (TPSA) is 55.4 Å². The summed E-state index contributed by atoms with van der Waals surface area (Å²) in [6, 6.07) is 0. The van der Waals surface area contributed by atoms with Gasteiger partial charge in [-0.1, -0.05) is 13.5 Å². The molecule has 0 saturated heterocycles. The van der Waals surface area contributed by atoms with E-state index in [1.54, 1.807) is 13.8 Å². The summed E-state index contributed by atoms with van der Waals surface area (Å²) in [5.41, 5.74) is 0.359. The quantitative estimate of drug-likeness (QED) is 0.321. The van der Waals surface area contributed by atoms with Gasteiger partial charge in [-0.3, -0.25) is 9.28 Å². The molecule has 0 aromatic heterocycles. The van der Waals surface area contributed by atoms with Crippen LogP contribution in [0.1, 0.15) is 27.2 Å². The minimum atomic E-state index is -0.428. The van der Waals surface area contributed by atoms with Crippen LogP contribution in [-0.2, 0) is 14.3 Å². The predicted molar refractivity (Wildman–Crippen MR) is 70.6 cm³/mol. The van der Waals surface area contributed by atoms with Crippen LogP contribution in [0.15, 0.2) is 12.2 Å². The molecule has 1 N–H and O–H groups in total. The summed E-state index contributed by atoms with van der Waals surface area (Å²) in [7, 11) is 3.70. The smallest absolute Gasteiger partial charge is 0.337 e. The lowest BCUT2D eigenvalue weighted by Crippen LogP contribution is -2.54. The SMILES string of the molecule is C=C(C)C(=O)OC(C)[N+](C)(C)CC(=O)NCCC. The molecule has 0 aliphatic rings. The van der Waals surface area contributed by atoms with Gasteiger partial charge in [0.25, 0.3) is 5.91 Å². The molecule has 5 nitrogen and oxygen atoms in total. The highest BCUT2D eigenvalue weighted by Gasteiger charge is 2.30. The Morgan fingerprint density at radius 3 is 2.39 bits per heavy atom. The first-order valence-corrected chi connectivity index (χ1v) is 6.16. The number of carbonyl (C=O) groups is 2. The largest absolute Gasteiger partial charge is 0.409 e. The molecule has 1 atom stereocenters. The van der Waals surface area contributed by atoms with Crippen molar-refractivity contribution in [3.63, 3.8) is 0 Å². The van der Waals surface area contributed by atoms with Crippen molar-refractivity contribution in [2.75, 3.05) is 27.2 Å². The van der Waals surface area contributed by atoms with E-state index in [2.05, 4.69) is 11.9 Å². The van der Waals surface area contributed by atoms with E-state index in [0.717, 1.165) is 6.42 Å². The van der Waals surface area contributed by atoms with Gasteiger partial charge in [-0.15, -0.1) is 0 Å². The Morgan fingerprint density at radius 1 is 1.39 bits per heavy atom. The number of amides is 1. The number of ether oxygens (including phenoxy) is 1. The van der Waals surface area contributed by atoms with Gasteiger partial charge in [0.05, 0.1) is 14.1 Å². The van der Waals surface area contributed by atoms with Gasteiger partial charge >= 0.3 is 5.97 Å². The third-order valence-corrected chi connectivity index (χ3v) is 2.73. The second-order valence-electron chi connectivity index (χ2n) is 5.07. The molecule has 0 aliphatic heterocycles. The van der Waals surface area contributed by atoms with Gasteiger partial charge in [-0.05, 0) is 13.3 Å². The van der Waals surface area contributed by atoms with Crippen molar-refractivity contribution in [3.05, 3.63) is 12.2 Å². The fourth-order valence-electron chi connectivity index (χ4n) is 1.22. The standard InChI is InChI=1S/C13H24N2O3/c1-7-8-14-12(16)9-15(5,6)11(4)18-13(17)10(2)3/h11H,2,7-9H2,1,3-6H3/p+1. The second kappa shape index (κ2) is 7.16. The second-order valence-corrected chi connectivity index (χ2v) is 5.07. The molecular formula is C13H25N2O3+. The van der Waals surface area contributed by atoms with Crippen LogP contribution in [-0.4, -0.2) is 49.8 Å². The van der Waals surface area contributed by atoms with Crippen LogP contribution in [0.3, 0.4) is 0 Å². The average molecular weight is 257 g/mol. The number of nitrogens with one attached hydrogen (secondary N) is 1. The first-order valence-electron chi connectivity index (χ1n) is 6.16. The third-order valence-electron chi connectivity index (χ3n) is 2.73. The van der Waals surface area contributed by atoms with E-state index in [0.29, 0.717) is 12.1 Å². The van der Waals surface area contributed by atoms with Crippen molar-refractivity contribution in [2.24, 2.45) is 0 Å². The van der Waals surface area contributed by atoms with Gasteiger partial charge in [0.1, 0.15) is 0 Å². The molecule has 104 valence electrons. The van der Waals surface area contributed by atoms with Gasteiger partial charge in [0.15, 0.2) is 6.54 Å². The molecule has 0 saturated carbocycles. The van der Waals surface area contributed by atoms with E-state index in [1.807, 2.05) is 21.0 Å². The third kappa shape index (κ3) is 5.82. The predicted octanol–water partition coefficient (Wildman–Crippen LogP) is 1.05. The number of quaternary nitrogens is 1. The monoisotopic (exact) mass is 257 g/mol. The van der Waals surface area contributed by atoms with Crippen LogP contribution in [0.25, 0.3) is 0 Å². The molecule has 0 aromatic rings. The van der Waals surface area contributed by atoms with Crippen LogP contribution in [0.4, 0.5) is 0 Å². The molecule has 1 amide bonds. The zero-order valence-corrected chi connectivity index (χ0v) is 12.1. The highest BCUT2D eigenvalue weighted by molar-refractivity contribution is 5.87. The fraction of sp³-hybridized carbons (Fsp3) is 0.692. The van der Waals surface area contributed by atoms with Gasteiger partial charge in [-0.2, -0.15) is 0 Å². The highest BCUT2D eigenvalue weighted by atomic mass is 16.6. The average Bonchev–Trinajstić information content (AvgIpc) is 2.25. The van der Waals surface area contributed by atoms with E-state index >= 15 is 0 Å². The maximum Gasteiger partial charge on any atom is 0.337 e. The Kier molecular flexibility index (Phi) is 6.62. The molecule has 0 rings (SSSR count). The molecular weight excluding hydrogens is 232 g/mol. The molecule has 0 spiro atoms. The zero-order chi connectivity index (χ0) is 14.3. The van der Waals surface area contributed by atoms with Crippen LogP contribution >= 0.6 is 0 Å². The van der Waals surface area contributed by atoms with Crippen LogP contribution in [0.5, 0.6) is 0 Å². The van der Waals surface area contributed by atoms with Crippen LogP contribution in [0.2, 0.25) is 0 Å². The lowest BCUT2D eigenvalue weighted by molar-refractivity contribution is -0.925. The molecule has 0 fully saturated rings. The molecule has 5 heteroatoms. The van der Waals surface area contributed by atoms with E-state index in [9.17, 15) is 9.59 Å². The van der Waals surface area contributed by atoms with E-state index in [-0.39, 0.29) is 16.9 Å². The van der Waals surface area contributed by atoms with E-state index in [4.69, 9.17) is 4.74 Å². The first kappa shape index (κ1) is 16.6. The minimum absolute atomic E-state index is 0.0416. The summed E-state index contributed by atoms with van der Waals surface area (Å²) in [4.78, 5) is 23.1. The van der Waals surface area contributed by atoms with E-state index in [1.165, 1.54) is 0 Å². The van der Waals surface area contributed by atoms with Crippen LogP contribution < -0.4 is 5.32 Å². The molecule has 0 aromatic carbocycles. The number of rotatable bonds is 7. The number of carbonyl (C=O) groups excluding carboxylic acids is 2. The normalized spacial score (nSPS) is 12.7. The summed E-state index contributed by atoms with van der Waals surface area (Å²) >= 11 is 0. The Bertz CT molecular complexity index is 324. The lowest BCUT2D eigenvalue weighted by Gasteiger charge is -2.34. The zero-order valence-electron chi connectivity index (χ0n) is 12.1. The Labute approximate surface area is 109 Å². The summed E-state index contributed by atoms with van der Waals surface area (Å²) < 4.78 is 5.52. The summed E-state index contributed by atoms with van der Waals surface area (Å²) in [6.45, 7) is 9.83. The minimum Gasteiger partial charge on any atom is -0.409 e. The van der Waals surface area contributed by atoms with E-state index < -0.39 is 12.2 Å². The number of nitrogens with zero attached hydrogens (tertiary/aromatic N) is 1. The fourth-order valence-corrected chi connectivity index (χ4v) is 1.22. The molecule has 18 heavy (non-hydrogen) atoms. The molecule has 0 aliphatic carbocycles. The molecule has 0 heterocycles. The Morgan fingerprint density at radius 2 is 1.94 bits per heavy atom. The van der Waals surface area contributed by atoms with Gasteiger partial charge in [-0.25, -0.2) is 4.79 Å². The number of hydrogen-bond acceptors (Lipinski definition) is 3. The summed E-state index contributed by atoms with van der Waals surface area (Å²) in [6.07, 6.45) is 0.501.